The van der Waals surface area contributed by atoms with E-state index in [1.165, 1.54) is 0 Å². The van der Waals surface area contributed by atoms with Gasteiger partial charge in [-0.2, -0.15) is 0 Å². The van der Waals surface area contributed by atoms with Crippen LogP contribution in [0.1, 0.15) is 39.2 Å². The second-order valence-electron chi connectivity index (χ2n) is 6.12. The molecular formula is C18H25BrO4. The minimum atomic E-state index is -0.407. The summed E-state index contributed by atoms with van der Waals surface area (Å²) in [7, 11) is 0. The third-order valence-electron chi connectivity index (χ3n) is 3.48. The molecule has 0 saturated heterocycles. The van der Waals surface area contributed by atoms with Crippen molar-refractivity contribution in [3.63, 3.8) is 0 Å². The standard InChI is InChI=1S/C18H25BrO4/c1-12(2)17(20)22-10-13(3)11-23-18(21)16(19)14(4)15-8-6-5-7-9-15/h5-9,12-14,16H,10-11H2,1-4H3. The Kier molecular flexibility index (Phi) is 8.31. The molecule has 0 fully saturated rings. The highest BCUT2D eigenvalue weighted by Gasteiger charge is 2.25. The Hall–Kier alpha value is -1.36. The number of ether oxygens (including phenoxy) is 2. The van der Waals surface area contributed by atoms with Crippen molar-refractivity contribution in [1.82, 2.24) is 0 Å². The first-order chi connectivity index (χ1) is 10.8. The molecule has 3 atom stereocenters. The fourth-order valence-electron chi connectivity index (χ4n) is 1.87. The van der Waals surface area contributed by atoms with Gasteiger partial charge in [-0.15, -0.1) is 0 Å². The third-order valence-corrected chi connectivity index (χ3v) is 4.65. The quantitative estimate of drug-likeness (QED) is 0.503. The van der Waals surface area contributed by atoms with Crippen molar-refractivity contribution in [3.8, 4) is 0 Å². The Morgan fingerprint density at radius 2 is 1.48 bits per heavy atom. The van der Waals surface area contributed by atoms with Gasteiger partial charge >= 0.3 is 11.9 Å². The van der Waals surface area contributed by atoms with Gasteiger partial charge in [0.2, 0.25) is 0 Å². The molecule has 0 saturated carbocycles. The van der Waals surface area contributed by atoms with Crippen molar-refractivity contribution in [3.05, 3.63) is 35.9 Å². The van der Waals surface area contributed by atoms with Crippen LogP contribution in [0.2, 0.25) is 0 Å². The maximum Gasteiger partial charge on any atom is 0.320 e. The van der Waals surface area contributed by atoms with Crippen LogP contribution in [0.4, 0.5) is 0 Å². The lowest BCUT2D eigenvalue weighted by Gasteiger charge is -2.19. The highest BCUT2D eigenvalue weighted by molar-refractivity contribution is 9.10. The van der Waals surface area contributed by atoms with Crippen LogP contribution in [-0.2, 0) is 19.1 Å². The molecule has 0 aliphatic heterocycles. The van der Waals surface area contributed by atoms with E-state index in [-0.39, 0.29) is 42.9 Å². The van der Waals surface area contributed by atoms with Gasteiger partial charge < -0.3 is 9.47 Å². The second kappa shape index (κ2) is 9.71. The van der Waals surface area contributed by atoms with Crippen LogP contribution in [0.25, 0.3) is 0 Å². The molecule has 128 valence electrons. The zero-order chi connectivity index (χ0) is 17.4. The van der Waals surface area contributed by atoms with Gasteiger partial charge in [0.05, 0.1) is 19.1 Å². The minimum Gasteiger partial charge on any atom is -0.465 e. The number of hydrogen-bond acceptors (Lipinski definition) is 4. The largest absolute Gasteiger partial charge is 0.465 e. The van der Waals surface area contributed by atoms with Gasteiger partial charge in [-0.3, -0.25) is 9.59 Å². The van der Waals surface area contributed by atoms with Crippen molar-refractivity contribution >= 4 is 27.9 Å². The van der Waals surface area contributed by atoms with E-state index < -0.39 is 4.83 Å². The molecule has 0 aromatic heterocycles. The van der Waals surface area contributed by atoms with Crippen LogP contribution in [0.15, 0.2) is 30.3 Å². The number of carbonyl (C=O) groups excluding carboxylic acids is 2. The molecule has 0 aliphatic carbocycles. The summed E-state index contributed by atoms with van der Waals surface area (Å²) in [5.41, 5.74) is 1.07. The molecule has 4 nitrogen and oxygen atoms in total. The molecule has 23 heavy (non-hydrogen) atoms. The number of benzene rings is 1. The van der Waals surface area contributed by atoms with E-state index in [4.69, 9.17) is 9.47 Å². The SMILES string of the molecule is CC(COC(=O)C(C)C)COC(=O)C(Br)C(C)c1ccccc1. The van der Waals surface area contributed by atoms with Crippen LogP contribution >= 0.6 is 15.9 Å². The number of carbonyl (C=O) groups is 2. The summed E-state index contributed by atoms with van der Waals surface area (Å²) in [5, 5.41) is 0. The smallest absolute Gasteiger partial charge is 0.320 e. The molecular weight excluding hydrogens is 360 g/mol. The van der Waals surface area contributed by atoms with E-state index in [2.05, 4.69) is 15.9 Å². The first-order valence-electron chi connectivity index (χ1n) is 7.85. The van der Waals surface area contributed by atoms with Gasteiger partial charge in [-0.25, -0.2) is 0 Å². The van der Waals surface area contributed by atoms with E-state index in [0.29, 0.717) is 0 Å². The summed E-state index contributed by atoms with van der Waals surface area (Å²) in [4.78, 5) is 23.1. The number of rotatable bonds is 8. The average Bonchev–Trinajstić information content (AvgIpc) is 2.56. The Bertz CT molecular complexity index is 501. The number of esters is 2. The van der Waals surface area contributed by atoms with Gasteiger partial charge in [0, 0.05) is 11.8 Å². The Morgan fingerprint density at radius 1 is 0.957 bits per heavy atom. The molecule has 0 spiro atoms. The summed E-state index contributed by atoms with van der Waals surface area (Å²) in [6.45, 7) is 7.91. The molecule has 0 radical (unpaired) electrons. The normalized spacial score (nSPS) is 14.9. The summed E-state index contributed by atoms with van der Waals surface area (Å²) in [6, 6.07) is 9.81. The molecule has 0 bridgehead atoms. The molecule has 0 aliphatic rings. The highest BCUT2D eigenvalue weighted by atomic mass is 79.9. The molecule has 5 heteroatoms. The summed E-state index contributed by atoms with van der Waals surface area (Å²) < 4.78 is 10.5. The third kappa shape index (κ3) is 6.73. The topological polar surface area (TPSA) is 52.6 Å². The van der Waals surface area contributed by atoms with Gasteiger partial charge in [-0.05, 0) is 5.56 Å². The van der Waals surface area contributed by atoms with E-state index in [1.54, 1.807) is 13.8 Å². The average molecular weight is 385 g/mol. The number of halogens is 1. The van der Waals surface area contributed by atoms with Crippen LogP contribution < -0.4 is 0 Å². The van der Waals surface area contributed by atoms with Crippen LogP contribution in [0.3, 0.4) is 0 Å². The molecule has 0 N–H and O–H groups in total. The lowest BCUT2D eigenvalue weighted by Crippen LogP contribution is -2.26. The van der Waals surface area contributed by atoms with Crippen molar-refractivity contribution in [2.45, 2.75) is 38.4 Å². The Labute approximate surface area is 146 Å². The fourth-order valence-corrected chi connectivity index (χ4v) is 2.31. The van der Waals surface area contributed by atoms with E-state index in [1.807, 2.05) is 44.2 Å². The van der Waals surface area contributed by atoms with Crippen molar-refractivity contribution < 1.29 is 19.1 Å². The summed E-state index contributed by atoms with van der Waals surface area (Å²) >= 11 is 3.42. The molecule has 3 unspecified atom stereocenters. The Morgan fingerprint density at radius 3 is 2.00 bits per heavy atom. The molecule has 0 amide bonds. The van der Waals surface area contributed by atoms with Gasteiger partial charge in [0.25, 0.3) is 0 Å². The van der Waals surface area contributed by atoms with Gasteiger partial charge in [0.15, 0.2) is 0 Å². The zero-order valence-electron chi connectivity index (χ0n) is 14.1. The summed E-state index contributed by atoms with van der Waals surface area (Å²) in [6.07, 6.45) is 0. The van der Waals surface area contributed by atoms with Crippen molar-refractivity contribution in [2.75, 3.05) is 13.2 Å². The molecule has 1 aromatic rings. The van der Waals surface area contributed by atoms with Crippen LogP contribution in [0.5, 0.6) is 0 Å². The van der Waals surface area contributed by atoms with E-state index >= 15 is 0 Å². The highest BCUT2D eigenvalue weighted by Crippen LogP contribution is 2.25. The lowest BCUT2D eigenvalue weighted by molar-refractivity contribution is -0.150. The van der Waals surface area contributed by atoms with E-state index in [0.717, 1.165) is 5.56 Å². The minimum absolute atomic E-state index is 0.0118. The van der Waals surface area contributed by atoms with Crippen LogP contribution in [-0.4, -0.2) is 30.0 Å². The maximum atomic E-state index is 12.1. The van der Waals surface area contributed by atoms with Gasteiger partial charge in [0.1, 0.15) is 4.83 Å². The fraction of sp³-hybridized carbons (Fsp3) is 0.556. The predicted molar refractivity (Wildman–Crippen MR) is 93.5 cm³/mol. The van der Waals surface area contributed by atoms with Crippen molar-refractivity contribution in [1.29, 1.82) is 0 Å². The Balaban J connectivity index is 2.39. The molecule has 0 heterocycles. The first-order valence-corrected chi connectivity index (χ1v) is 8.76. The van der Waals surface area contributed by atoms with Crippen LogP contribution in [0, 0.1) is 11.8 Å². The lowest BCUT2D eigenvalue weighted by atomic mass is 9.98. The summed E-state index contributed by atoms with van der Waals surface area (Å²) in [5.74, 6) is -0.711. The van der Waals surface area contributed by atoms with Gasteiger partial charge in [-0.1, -0.05) is 74.0 Å². The molecule has 1 aromatic carbocycles. The number of hydrogen-bond donors (Lipinski definition) is 0. The maximum absolute atomic E-state index is 12.1. The van der Waals surface area contributed by atoms with Crippen molar-refractivity contribution in [2.24, 2.45) is 11.8 Å². The predicted octanol–water partition coefficient (Wildman–Crippen LogP) is 3.93. The number of alkyl halides is 1. The van der Waals surface area contributed by atoms with E-state index in [9.17, 15) is 9.59 Å². The first kappa shape index (κ1) is 19.7. The zero-order valence-corrected chi connectivity index (χ0v) is 15.7. The monoisotopic (exact) mass is 384 g/mol. The molecule has 1 rings (SSSR count). The second-order valence-corrected chi connectivity index (χ2v) is 7.11.